The first-order valence-corrected chi connectivity index (χ1v) is 10.8. The van der Waals surface area contributed by atoms with Crippen molar-refractivity contribution in [2.45, 2.75) is 25.6 Å². The number of carbonyl (C=O) groups excluding carboxylic acids is 3. The van der Waals surface area contributed by atoms with Crippen LogP contribution in [0.4, 0.5) is 0 Å². The largest absolute Gasteiger partial charge is 0.459 e. The zero-order chi connectivity index (χ0) is 21.8. The molecule has 1 atom stereocenters. The van der Waals surface area contributed by atoms with E-state index in [2.05, 4.69) is 0 Å². The number of hydrogen-bond donors (Lipinski definition) is 0. The van der Waals surface area contributed by atoms with E-state index in [1.165, 1.54) is 16.1 Å². The van der Waals surface area contributed by atoms with E-state index in [1.807, 2.05) is 41.1 Å². The van der Waals surface area contributed by atoms with Crippen LogP contribution >= 0.6 is 11.3 Å². The molecular formula is C23H22N2O5S. The third-order valence-corrected chi connectivity index (χ3v) is 6.01. The van der Waals surface area contributed by atoms with Crippen LogP contribution in [0.2, 0.25) is 0 Å². The molecule has 1 aromatic carbocycles. The zero-order valence-electron chi connectivity index (χ0n) is 17.0. The first-order valence-electron chi connectivity index (χ1n) is 9.86. The molecule has 31 heavy (non-hydrogen) atoms. The van der Waals surface area contributed by atoms with Gasteiger partial charge in [0.15, 0.2) is 12.4 Å². The third-order valence-electron chi connectivity index (χ3n) is 5.28. The van der Waals surface area contributed by atoms with Gasteiger partial charge in [-0.3, -0.25) is 9.59 Å². The summed E-state index contributed by atoms with van der Waals surface area (Å²) in [4.78, 5) is 41.3. The van der Waals surface area contributed by atoms with E-state index in [0.29, 0.717) is 13.0 Å². The number of nitrogens with zero attached hydrogens (tertiary/aromatic N) is 2. The number of carbonyl (C=O) groups is 3. The minimum absolute atomic E-state index is 0.156. The highest BCUT2D eigenvalue weighted by Crippen LogP contribution is 2.26. The van der Waals surface area contributed by atoms with Gasteiger partial charge < -0.3 is 19.0 Å². The average Bonchev–Trinajstić information content (AvgIpc) is 3.50. The number of thiophene rings is 1. The minimum atomic E-state index is -0.831. The maximum atomic E-state index is 13.0. The second-order valence-corrected chi connectivity index (χ2v) is 8.17. The predicted octanol–water partition coefficient (Wildman–Crippen LogP) is 3.11. The van der Waals surface area contributed by atoms with Gasteiger partial charge in [-0.05, 0) is 45.6 Å². The van der Waals surface area contributed by atoms with Crippen molar-refractivity contribution in [3.05, 3.63) is 81.9 Å². The van der Waals surface area contributed by atoms with Crippen LogP contribution in [0.25, 0.3) is 0 Å². The lowest BCUT2D eigenvalue weighted by molar-refractivity contribution is -0.156. The Kier molecular flexibility index (Phi) is 6.18. The van der Waals surface area contributed by atoms with Crippen LogP contribution in [0.5, 0.6) is 0 Å². The van der Waals surface area contributed by atoms with E-state index in [-0.39, 0.29) is 30.7 Å². The molecule has 8 heteroatoms. The summed E-state index contributed by atoms with van der Waals surface area (Å²) in [5, 5.41) is 3.91. The van der Waals surface area contributed by atoms with Crippen molar-refractivity contribution in [2.24, 2.45) is 0 Å². The molecule has 0 spiro atoms. The minimum Gasteiger partial charge on any atom is -0.459 e. The molecule has 2 amide bonds. The summed E-state index contributed by atoms with van der Waals surface area (Å²) in [7, 11) is 1.66. The van der Waals surface area contributed by atoms with E-state index in [0.717, 1.165) is 16.7 Å². The standard InChI is InChI=1S/C23H22N2O5S/c1-24(12-16-8-10-31-15-16)21(26)14-30-23(28)19-11-17-5-2-3-6-18(17)13-25(19)22(27)20-7-4-9-29-20/h2-10,15,19H,11-14H2,1H3/t19-/m0/s1. The molecule has 4 rings (SSSR count). The summed E-state index contributed by atoms with van der Waals surface area (Å²) in [5.74, 6) is -1.14. The van der Waals surface area contributed by atoms with E-state index in [4.69, 9.17) is 9.15 Å². The fourth-order valence-corrected chi connectivity index (χ4v) is 4.23. The van der Waals surface area contributed by atoms with Gasteiger partial charge >= 0.3 is 5.97 Å². The van der Waals surface area contributed by atoms with Gasteiger partial charge in [0.1, 0.15) is 6.04 Å². The van der Waals surface area contributed by atoms with Crippen molar-refractivity contribution in [1.29, 1.82) is 0 Å². The smallest absolute Gasteiger partial charge is 0.329 e. The number of likely N-dealkylation sites (N-methyl/N-ethyl adjacent to an activating group) is 1. The van der Waals surface area contributed by atoms with E-state index >= 15 is 0 Å². The number of furan rings is 1. The summed E-state index contributed by atoms with van der Waals surface area (Å²) >= 11 is 1.56. The van der Waals surface area contributed by atoms with Crippen LogP contribution < -0.4 is 0 Å². The van der Waals surface area contributed by atoms with Crippen LogP contribution in [0.15, 0.2) is 63.9 Å². The first kappa shape index (κ1) is 20.9. The van der Waals surface area contributed by atoms with Gasteiger partial charge in [0.2, 0.25) is 0 Å². The maximum Gasteiger partial charge on any atom is 0.329 e. The van der Waals surface area contributed by atoms with Crippen molar-refractivity contribution in [3.8, 4) is 0 Å². The average molecular weight is 439 g/mol. The number of ether oxygens (including phenoxy) is 1. The molecule has 0 saturated carbocycles. The van der Waals surface area contributed by atoms with Gasteiger partial charge in [-0.15, -0.1) is 0 Å². The fourth-order valence-electron chi connectivity index (χ4n) is 3.57. The monoisotopic (exact) mass is 438 g/mol. The lowest BCUT2D eigenvalue weighted by atomic mass is 9.93. The van der Waals surface area contributed by atoms with Crippen LogP contribution in [0.3, 0.4) is 0 Å². The number of amides is 2. The number of hydrogen-bond acceptors (Lipinski definition) is 6. The highest BCUT2D eigenvalue weighted by atomic mass is 32.1. The molecule has 0 saturated heterocycles. The second kappa shape index (κ2) is 9.18. The third kappa shape index (κ3) is 4.69. The second-order valence-electron chi connectivity index (χ2n) is 7.39. The number of fused-ring (bicyclic) bond motifs is 1. The molecule has 0 unspecified atom stereocenters. The van der Waals surface area contributed by atoms with Crippen molar-refractivity contribution in [1.82, 2.24) is 9.80 Å². The quantitative estimate of drug-likeness (QED) is 0.553. The van der Waals surface area contributed by atoms with Crippen molar-refractivity contribution >= 4 is 29.1 Å². The Bertz CT molecular complexity index is 1060. The van der Waals surface area contributed by atoms with Crippen LogP contribution in [-0.4, -0.2) is 47.3 Å². The normalized spacial score (nSPS) is 15.3. The highest BCUT2D eigenvalue weighted by Gasteiger charge is 2.37. The molecule has 1 aliphatic rings. The lowest BCUT2D eigenvalue weighted by Gasteiger charge is -2.34. The van der Waals surface area contributed by atoms with Crippen LogP contribution in [0, 0.1) is 0 Å². The summed E-state index contributed by atoms with van der Waals surface area (Å²) in [6, 6.07) is 12.0. The number of rotatable bonds is 6. The molecule has 0 fully saturated rings. The van der Waals surface area contributed by atoms with Gasteiger partial charge in [0.25, 0.3) is 11.8 Å². The predicted molar refractivity (Wildman–Crippen MR) is 114 cm³/mol. The Labute approximate surface area is 183 Å². The van der Waals surface area contributed by atoms with E-state index in [9.17, 15) is 14.4 Å². The Morgan fingerprint density at radius 2 is 1.97 bits per heavy atom. The first-order chi connectivity index (χ1) is 15.0. The van der Waals surface area contributed by atoms with Gasteiger partial charge in [-0.1, -0.05) is 24.3 Å². The van der Waals surface area contributed by atoms with Gasteiger partial charge in [-0.25, -0.2) is 4.79 Å². The van der Waals surface area contributed by atoms with E-state index in [1.54, 1.807) is 30.5 Å². The van der Waals surface area contributed by atoms with Gasteiger partial charge in [-0.2, -0.15) is 11.3 Å². The van der Waals surface area contributed by atoms with Crippen LogP contribution in [0.1, 0.15) is 27.2 Å². The SMILES string of the molecule is CN(Cc1ccsc1)C(=O)COC(=O)[C@@H]1Cc2ccccc2CN1C(=O)c1ccco1. The summed E-state index contributed by atoms with van der Waals surface area (Å²) in [5.41, 5.74) is 2.97. The summed E-state index contributed by atoms with van der Waals surface area (Å²) in [6.45, 7) is 0.335. The molecule has 7 nitrogen and oxygen atoms in total. The molecular weight excluding hydrogens is 416 g/mol. The Morgan fingerprint density at radius 1 is 1.16 bits per heavy atom. The summed E-state index contributed by atoms with van der Waals surface area (Å²) in [6.07, 6.45) is 1.74. The van der Waals surface area contributed by atoms with Crippen molar-refractivity contribution in [3.63, 3.8) is 0 Å². The van der Waals surface area contributed by atoms with Gasteiger partial charge in [0, 0.05) is 26.6 Å². The molecule has 160 valence electrons. The molecule has 1 aliphatic heterocycles. The Hall–Kier alpha value is -3.39. The highest BCUT2D eigenvalue weighted by molar-refractivity contribution is 7.07. The Morgan fingerprint density at radius 3 is 2.68 bits per heavy atom. The van der Waals surface area contributed by atoms with Gasteiger partial charge in [0.05, 0.1) is 6.26 Å². The van der Waals surface area contributed by atoms with Crippen molar-refractivity contribution in [2.75, 3.05) is 13.7 Å². The fraction of sp³-hybridized carbons (Fsp3) is 0.261. The maximum absolute atomic E-state index is 13.0. The summed E-state index contributed by atoms with van der Waals surface area (Å²) < 4.78 is 10.6. The molecule has 0 aliphatic carbocycles. The molecule has 2 aromatic heterocycles. The molecule has 0 N–H and O–H groups in total. The van der Waals surface area contributed by atoms with Crippen molar-refractivity contribution < 1.29 is 23.5 Å². The Balaban J connectivity index is 1.45. The zero-order valence-corrected chi connectivity index (χ0v) is 17.8. The lowest BCUT2D eigenvalue weighted by Crippen LogP contribution is -2.49. The number of esters is 1. The molecule has 3 heterocycles. The molecule has 0 radical (unpaired) electrons. The molecule has 3 aromatic rings. The van der Waals surface area contributed by atoms with E-state index < -0.39 is 12.0 Å². The van der Waals surface area contributed by atoms with Crippen LogP contribution in [-0.2, 0) is 33.8 Å². The topological polar surface area (TPSA) is 80.1 Å². The molecule has 0 bridgehead atoms. The number of benzene rings is 1.